The molecule has 1 N–H and O–H groups in total. The van der Waals surface area contributed by atoms with Gasteiger partial charge in [-0.3, -0.25) is 9.97 Å². The van der Waals surface area contributed by atoms with Crippen LogP contribution in [0.15, 0.2) is 29.0 Å². The molecule has 0 aliphatic rings. The van der Waals surface area contributed by atoms with E-state index in [0.717, 1.165) is 34.2 Å². The van der Waals surface area contributed by atoms with Gasteiger partial charge in [-0.25, -0.2) is 0 Å². The van der Waals surface area contributed by atoms with E-state index in [2.05, 4.69) is 31.2 Å². The normalized spacial score (nSPS) is 10.8. The Labute approximate surface area is 125 Å². The van der Waals surface area contributed by atoms with Crippen LogP contribution < -0.4 is 5.32 Å². The fourth-order valence-electron chi connectivity index (χ4n) is 1.70. The average Bonchev–Trinajstić information content (AvgIpc) is 2.42. The predicted octanol–water partition coefficient (Wildman–Crippen LogP) is 3.45. The highest BCUT2D eigenvalue weighted by Gasteiger charge is 2.03. The summed E-state index contributed by atoms with van der Waals surface area (Å²) < 4.78 is 6.25. The molecule has 4 nitrogen and oxygen atoms in total. The van der Waals surface area contributed by atoms with Crippen molar-refractivity contribution in [2.75, 3.05) is 31.0 Å². The Morgan fingerprint density at radius 2 is 2.21 bits per heavy atom. The van der Waals surface area contributed by atoms with Gasteiger partial charge in [-0.15, -0.1) is 11.6 Å². The summed E-state index contributed by atoms with van der Waals surface area (Å²) in [6.45, 7) is 2.15. The van der Waals surface area contributed by atoms with Crippen LogP contribution in [0.1, 0.15) is 6.42 Å². The summed E-state index contributed by atoms with van der Waals surface area (Å²) in [5, 5.41) is 3.35. The second-order valence-corrected chi connectivity index (χ2v) is 5.26. The number of alkyl halides is 1. The number of halogens is 2. The molecule has 0 aliphatic heterocycles. The molecule has 0 aromatic carbocycles. The van der Waals surface area contributed by atoms with Crippen molar-refractivity contribution in [3.05, 3.63) is 29.0 Å². The topological polar surface area (TPSA) is 47.0 Å². The third-order valence-electron chi connectivity index (χ3n) is 2.55. The highest BCUT2D eigenvalue weighted by atomic mass is 79.9. The Balaban J connectivity index is 1.93. The van der Waals surface area contributed by atoms with E-state index in [9.17, 15) is 0 Å². The maximum atomic E-state index is 5.53. The van der Waals surface area contributed by atoms with E-state index < -0.39 is 0 Å². The van der Waals surface area contributed by atoms with Gasteiger partial charge < -0.3 is 10.1 Å². The van der Waals surface area contributed by atoms with Crippen LogP contribution in [0.25, 0.3) is 11.0 Å². The monoisotopic (exact) mass is 343 g/mol. The lowest BCUT2D eigenvalue weighted by molar-refractivity contribution is 0.149. The summed E-state index contributed by atoms with van der Waals surface area (Å²) in [5.41, 5.74) is 2.75. The summed E-state index contributed by atoms with van der Waals surface area (Å²) in [5.74, 6) is 0.543. The predicted molar refractivity (Wildman–Crippen MR) is 81.9 cm³/mol. The maximum Gasteiger partial charge on any atom is 0.112 e. The Morgan fingerprint density at radius 1 is 1.32 bits per heavy atom. The molecule has 0 saturated carbocycles. The largest absolute Gasteiger partial charge is 0.383 e. The molecule has 0 unspecified atom stereocenters. The first-order valence-corrected chi connectivity index (χ1v) is 7.42. The first kappa shape index (κ1) is 14.5. The number of aromatic nitrogens is 2. The van der Waals surface area contributed by atoms with E-state index in [1.54, 1.807) is 12.4 Å². The Kier molecular flexibility index (Phi) is 5.82. The minimum atomic E-state index is 0.543. The molecule has 6 heteroatoms. The average molecular weight is 345 g/mol. The second kappa shape index (κ2) is 7.62. The molecule has 0 bridgehead atoms. The zero-order chi connectivity index (χ0) is 13.5. The number of hydrogen-bond donors (Lipinski definition) is 1. The van der Waals surface area contributed by atoms with Crippen LogP contribution in [0.2, 0.25) is 0 Å². The molecule has 2 heterocycles. The quantitative estimate of drug-likeness (QED) is 0.617. The summed E-state index contributed by atoms with van der Waals surface area (Å²) in [6.07, 6.45) is 4.48. The third kappa shape index (κ3) is 4.30. The molecular weight excluding hydrogens is 330 g/mol. The number of nitrogens with zero attached hydrogens (tertiary/aromatic N) is 2. The first-order chi connectivity index (χ1) is 9.31. The van der Waals surface area contributed by atoms with Crippen LogP contribution in [-0.4, -0.2) is 35.6 Å². The smallest absolute Gasteiger partial charge is 0.112 e. The Morgan fingerprint density at radius 3 is 3.05 bits per heavy atom. The molecule has 0 amide bonds. The van der Waals surface area contributed by atoms with Crippen LogP contribution in [-0.2, 0) is 4.74 Å². The summed E-state index contributed by atoms with van der Waals surface area (Å²) in [4.78, 5) is 8.69. The zero-order valence-electron chi connectivity index (χ0n) is 10.4. The minimum absolute atomic E-state index is 0.543. The van der Waals surface area contributed by atoms with Crippen molar-refractivity contribution < 1.29 is 4.74 Å². The lowest BCUT2D eigenvalue weighted by atomic mass is 10.3. The van der Waals surface area contributed by atoms with Crippen molar-refractivity contribution in [2.45, 2.75) is 6.42 Å². The van der Waals surface area contributed by atoms with Gasteiger partial charge in [-0.2, -0.15) is 0 Å². The summed E-state index contributed by atoms with van der Waals surface area (Å²) in [6, 6.07) is 3.89. The highest BCUT2D eigenvalue weighted by Crippen LogP contribution is 2.21. The highest BCUT2D eigenvalue weighted by molar-refractivity contribution is 9.10. The van der Waals surface area contributed by atoms with Gasteiger partial charge in [0.15, 0.2) is 0 Å². The maximum absolute atomic E-state index is 5.53. The number of ether oxygens (including phenoxy) is 1. The zero-order valence-corrected chi connectivity index (χ0v) is 12.7. The van der Waals surface area contributed by atoms with E-state index in [1.165, 1.54) is 0 Å². The van der Waals surface area contributed by atoms with E-state index >= 15 is 0 Å². The van der Waals surface area contributed by atoms with Gasteiger partial charge >= 0.3 is 0 Å². The summed E-state index contributed by atoms with van der Waals surface area (Å²) >= 11 is 8.92. The molecule has 0 atom stereocenters. The van der Waals surface area contributed by atoms with Crippen LogP contribution in [0.3, 0.4) is 0 Å². The van der Waals surface area contributed by atoms with Crippen molar-refractivity contribution in [3.8, 4) is 0 Å². The van der Waals surface area contributed by atoms with Crippen LogP contribution >= 0.6 is 27.5 Å². The standard InChI is InChI=1S/C13H15BrClN3O/c14-10-8-12-13(18-9-10)11(2-5-17-12)16-4-1-6-19-7-3-15/h2,5,8-9H,1,3-4,6-7H2,(H,16,17). The van der Waals surface area contributed by atoms with Gasteiger partial charge in [0, 0.05) is 35.9 Å². The summed E-state index contributed by atoms with van der Waals surface area (Å²) in [7, 11) is 0. The number of pyridine rings is 2. The van der Waals surface area contributed by atoms with Crippen molar-refractivity contribution in [1.82, 2.24) is 9.97 Å². The lowest BCUT2D eigenvalue weighted by Gasteiger charge is -2.08. The fourth-order valence-corrected chi connectivity index (χ4v) is 2.13. The molecule has 102 valence electrons. The number of nitrogens with one attached hydrogen (secondary N) is 1. The molecule has 0 aliphatic carbocycles. The lowest BCUT2D eigenvalue weighted by Crippen LogP contribution is -2.07. The number of anilines is 1. The van der Waals surface area contributed by atoms with Gasteiger partial charge in [0.1, 0.15) is 5.52 Å². The van der Waals surface area contributed by atoms with Crippen LogP contribution in [0, 0.1) is 0 Å². The number of hydrogen-bond acceptors (Lipinski definition) is 4. The Hall–Kier alpha value is -0.910. The molecule has 2 aromatic heterocycles. The molecule has 0 saturated heterocycles. The molecule has 0 fully saturated rings. The molecular formula is C13H15BrClN3O. The second-order valence-electron chi connectivity index (χ2n) is 3.96. The van der Waals surface area contributed by atoms with Gasteiger partial charge in [0.05, 0.1) is 17.8 Å². The SMILES string of the molecule is ClCCOCCCNc1ccnc2cc(Br)cnc12. The molecule has 0 radical (unpaired) electrons. The van der Waals surface area contributed by atoms with E-state index in [0.29, 0.717) is 19.1 Å². The van der Waals surface area contributed by atoms with Crippen molar-refractivity contribution in [2.24, 2.45) is 0 Å². The van der Waals surface area contributed by atoms with Gasteiger partial charge in [-0.05, 0) is 34.5 Å². The van der Waals surface area contributed by atoms with Crippen molar-refractivity contribution in [1.29, 1.82) is 0 Å². The molecule has 19 heavy (non-hydrogen) atoms. The van der Waals surface area contributed by atoms with E-state index in [1.807, 2.05) is 12.1 Å². The first-order valence-electron chi connectivity index (χ1n) is 6.09. The molecule has 0 spiro atoms. The van der Waals surface area contributed by atoms with Gasteiger partial charge in [0.25, 0.3) is 0 Å². The minimum Gasteiger partial charge on any atom is -0.383 e. The number of fused-ring (bicyclic) bond motifs is 1. The third-order valence-corrected chi connectivity index (χ3v) is 3.13. The van der Waals surface area contributed by atoms with Crippen LogP contribution in [0.5, 0.6) is 0 Å². The van der Waals surface area contributed by atoms with Crippen molar-refractivity contribution >= 4 is 44.3 Å². The van der Waals surface area contributed by atoms with E-state index in [-0.39, 0.29) is 0 Å². The fraction of sp³-hybridized carbons (Fsp3) is 0.385. The number of rotatable bonds is 7. The van der Waals surface area contributed by atoms with Gasteiger partial charge in [-0.1, -0.05) is 0 Å². The molecule has 2 aromatic rings. The van der Waals surface area contributed by atoms with Crippen molar-refractivity contribution in [3.63, 3.8) is 0 Å². The Bertz CT molecular complexity index is 538. The van der Waals surface area contributed by atoms with Crippen LogP contribution in [0.4, 0.5) is 5.69 Å². The van der Waals surface area contributed by atoms with E-state index in [4.69, 9.17) is 16.3 Å². The van der Waals surface area contributed by atoms with Gasteiger partial charge in [0.2, 0.25) is 0 Å². The molecule has 2 rings (SSSR count).